The smallest absolute Gasteiger partial charge is 0.469 e. The van der Waals surface area contributed by atoms with Crippen molar-refractivity contribution in [3.63, 3.8) is 0 Å². The van der Waals surface area contributed by atoms with Crippen molar-refractivity contribution in [1.82, 2.24) is 0 Å². The lowest BCUT2D eigenvalue weighted by molar-refractivity contribution is 0.0823. The summed E-state index contributed by atoms with van der Waals surface area (Å²) in [4.78, 5) is 18.0. The van der Waals surface area contributed by atoms with Crippen molar-refractivity contribution in [2.24, 2.45) is 11.7 Å². The van der Waals surface area contributed by atoms with E-state index in [1.165, 1.54) is 16.7 Å². The summed E-state index contributed by atoms with van der Waals surface area (Å²) < 4.78 is 26.9. The maximum Gasteiger partial charge on any atom is 0.469 e. The van der Waals surface area contributed by atoms with E-state index < -0.39 is 13.4 Å². The largest absolute Gasteiger partial charge is 0.497 e. The molecule has 4 N–H and O–H groups in total. The van der Waals surface area contributed by atoms with Crippen LogP contribution in [-0.2, 0) is 33.3 Å². The van der Waals surface area contributed by atoms with Gasteiger partial charge in [-0.25, -0.2) is 4.57 Å². The lowest BCUT2D eigenvalue weighted by Crippen LogP contribution is -2.41. The Morgan fingerprint density at radius 1 is 1.12 bits per heavy atom. The molecular formula is C25H34NO6P. The standard InChI is InChI=1S/C25H34NO6P/c1-30-24-8-3-18(4-9-24)15-31-16-19-2-5-21-13-22(7-6-20(21)12-19)23-10-11-25(26,14-23)17-32-33(27,28)29/h3-4,6-9,13,19,23H,2,5,10-12,14-17,26H2,1H3,(H2,27,28,29)/t19-,23+,25-/m1/s1. The molecule has 8 heteroatoms. The molecule has 0 radical (unpaired) electrons. The zero-order valence-corrected chi connectivity index (χ0v) is 20.0. The zero-order valence-electron chi connectivity index (χ0n) is 19.1. The number of nitrogens with two attached hydrogens (primary N) is 1. The molecule has 0 heterocycles. The van der Waals surface area contributed by atoms with Crippen molar-refractivity contribution in [3.05, 3.63) is 64.7 Å². The molecule has 0 aromatic heterocycles. The zero-order chi connectivity index (χ0) is 23.5. The summed E-state index contributed by atoms with van der Waals surface area (Å²) in [6.07, 6.45) is 5.46. The highest BCUT2D eigenvalue weighted by molar-refractivity contribution is 7.46. The Bertz CT molecular complexity index is 991. The maximum atomic E-state index is 11.0. The van der Waals surface area contributed by atoms with E-state index in [0.717, 1.165) is 43.6 Å². The van der Waals surface area contributed by atoms with E-state index in [1.807, 2.05) is 24.3 Å². The Labute approximate surface area is 195 Å². The fourth-order valence-corrected chi connectivity index (χ4v) is 5.52. The van der Waals surface area contributed by atoms with Crippen LogP contribution in [-0.4, -0.2) is 35.6 Å². The topological polar surface area (TPSA) is 111 Å². The van der Waals surface area contributed by atoms with Crippen molar-refractivity contribution in [2.75, 3.05) is 20.3 Å². The van der Waals surface area contributed by atoms with Crippen LogP contribution in [0, 0.1) is 5.92 Å². The number of rotatable bonds is 9. The summed E-state index contributed by atoms with van der Waals surface area (Å²) >= 11 is 0. The molecule has 2 aliphatic rings. The normalized spacial score (nSPS) is 25.1. The maximum absolute atomic E-state index is 11.0. The summed E-state index contributed by atoms with van der Waals surface area (Å²) in [7, 11) is -2.83. The second-order valence-corrected chi connectivity index (χ2v) is 10.8. The van der Waals surface area contributed by atoms with Crippen LogP contribution in [0.2, 0.25) is 0 Å². The molecular weight excluding hydrogens is 441 g/mol. The minimum Gasteiger partial charge on any atom is -0.497 e. The van der Waals surface area contributed by atoms with Gasteiger partial charge in [0.2, 0.25) is 0 Å². The molecule has 7 nitrogen and oxygen atoms in total. The molecule has 0 aliphatic heterocycles. The molecule has 0 amide bonds. The van der Waals surface area contributed by atoms with Gasteiger partial charge in [-0.15, -0.1) is 0 Å². The summed E-state index contributed by atoms with van der Waals surface area (Å²) in [6, 6.07) is 14.7. The average Bonchev–Trinajstić information content (AvgIpc) is 3.20. The van der Waals surface area contributed by atoms with Crippen molar-refractivity contribution < 1.29 is 28.3 Å². The fourth-order valence-electron chi connectivity index (χ4n) is 5.10. The number of hydrogen-bond acceptors (Lipinski definition) is 5. The molecule has 0 unspecified atom stereocenters. The average molecular weight is 476 g/mol. The number of hydrogen-bond donors (Lipinski definition) is 3. The lowest BCUT2D eigenvalue weighted by Gasteiger charge is -2.26. The van der Waals surface area contributed by atoms with Gasteiger partial charge in [0, 0.05) is 5.54 Å². The first kappa shape index (κ1) is 24.4. The number of phosphoric ester groups is 1. The molecule has 2 aromatic carbocycles. The predicted molar refractivity (Wildman–Crippen MR) is 126 cm³/mol. The number of fused-ring (bicyclic) bond motifs is 1. The number of methoxy groups -OCH3 is 1. The van der Waals surface area contributed by atoms with Crippen LogP contribution in [0.15, 0.2) is 42.5 Å². The highest BCUT2D eigenvalue weighted by Crippen LogP contribution is 2.44. The van der Waals surface area contributed by atoms with E-state index in [9.17, 15) is 4.57 Å². The Morgan fingerprint density at radius 3 is 2.64 bits per heavy atom. The Hall–Kier alpha value is -1.73. The summed E-state index contributed by atoms with van der Waals surface area (Å²) in [5.41, 5.74) is 10.9. The minimum atomic E-state index is -4.50. The summed E-state index contributed by atoms with van der Waals surface area (Å²) in [5.74, 6) is 1.67. The Balaban J connectivity index is 1.28. The first-order valence-corrected chi connectivity index (χ1v) is 13.1. The van der Waals surface area contributed by atoms with Gasteiger partial charge in [-0.3, -0.25) is 4.52 Å². The van der Waals surface area contributed by atoms with Gasteiger partial charge >= 0.3 is 7.82 Å². The van der Waals surface area contributed by atoms with Gasteiger partial charge in [-0.2, -0.15) is 0 Å². The number of aryl methyl sites for hydroxylation is 1. The molecule has 33 heavy (non-hydrogen) atoms. The minimum absolute atomic E-state index is 0.114. The van der Waals surface area contributed by atoms with Crippen molar-refractivity contribution in [2.45, 2.75) is 56.6 Å². The van der Waals surface area contributed by atoms with E-state index in [1.54, 1.807) is 7.11 Å². The van der Waals surface area contributed by atoms with Crippen LogP contribution >= 0.6 is 7.82 Å². The van der Waals surface area contributed by atoms with E-state index in [4.69, 9.17) is 29.5 Å². The van der Waals surface area contributed by atoms with E-state index in [0.29, 0.717) is 31.3 Å². The quantitative estimate of drug-likeness (QED) is 0.469. The van der Waals surface area contributed by atoms with Crippen LogP contribution in [0.25, 0.3) is 0 Å². The van der Waals surface area contributed by atoms with Gasteiger partial charge < -0.3 is 25.0 Å². The van der Waals surface area contributed by atoms with Gasteiger partial charge in [0.25, 0.3) is 0 Å². The number of phosphoric acid groups is 1. The van der Waals surface area contributed by atoms with Crippen molar-refractivity contribution >= 4 is 7.82 Å². The molecule has 2 aliphatic carbocycles. The first-order chi connectivity index (χ1) is 15.7. The van der Waals surface area contributed by atoms with Crippen LogP contribution in [0.1, 0.15) is 53.9 Å². The van der Waals surface area contributed by atoms with E-state index in [2.05, 4.69) is 18.2 Å². The summed E-state index contributed by atoms with van der Waals surface area (Å²) in [5, 5.41) is 0. The molecule has 1 fully saturated rings. The highest BCUT2D eigenvalue weighted by Gasteiger charge is 2.38. The van der Waals surface area contributed by atoms with Crippen LogP contribution < -0.4 is 10.5 Å². The Morgan fingerprint density at radius 2 is 1.91 bits per heavy atom. The van der Waals surface area contributed by atoms with Crippen LogP contribution in [0.4, 0.5) is 0 Å². The van der Waals surface area contributed by atoms with E-state index >= 15 is 0 Å². The predicted octanol–water partition coefficient (Wildman–Crippen LogP) is 4.09. The molecule has 4 rings (SSSR count). The molecule has 2 aromatic rings. The number of benzene rings is 2. The first-order valence-electron chi connectivity index (χ1n) is 11.5. The van der Waals surface area contributed by atoms with E-state index in [-0.39, 0.29) is 6.61 Å². The lowest BCUT2D eigenvalue weighted by atomic mass is 9.82. The van der Waals surface area contributed by atoms with Crippen LogP contribution in [0.5, 0.6) is 5.75 Å². The molecule has 180 valence electrons. The van der Waals surface area contributed by atoms with Crippen LogP contribution in [0.3, 0.4) is 0 Å². The second kappa shape index (κ2) is 10.3. The molecule has 0 saturated heterocycles. The SMILES string of the molecule is COc1ccc(COC[C@@H]2CCc3cc([C@H]4CC[C@](N)(COP(=O)(O)O)C4)ccc3C2)cc1. The molecule has 0 spiro atoms. The van der Waals surface area contributed by atoms with Gasteiger partial charge in [0.05, 0.1) is 26.9 Å². The molecule has 1 saturated carbocycles. The third-order valence-electron chi connectivity index (χ3n) is 6.98. The monoisotopic (exact) mass is 475 g/mol. The Kier molecular flexibility index (Phi) is 7.59. The third-order valence-corrected chi connectivity index (χ3v) is 7.44. The fraction of sp³-hybridized carbons (Fsp3) is 0.520. The third kappa shape index (κ3) is 6.66. The highest BCUT2D eigenvalue weighted by atomic mass is 31.2. The molecule has 3 atom stereocenters. The second-order valence-electron chi connectivity index (χ2n) is 9.57. The van der Waals surface area contributed by atoms with Gasteiger partial charge in [-0.05, 0) is 84.7 Å². The van der Waals surface area contributed by atoms with Crippen molar-refractivity contribution in [1.29, 1.82) is 0 Å². The summed E-state index contributed by atoms with van der Waals surface area (Å²) in [6.45, 7) is 1.25. The van der Waals surface area contributed by atoms with Gasteiger partial charge in [0.1, 0.15) is 5.75 Å². The molecule has 0 bridgehead atoms. The van der Waals surface area contributed by atoms with Gasteiger partial charge in [-0.1, -0.05) is 30.3 Å². The van der Waals surface area contributed by atoms with Gasteiger partial charge in [0.15, 0.2) is 0 Å². The number of ether oxygens (including phenoxy) is 2. The van der Waals surface area contributed by atoms with Crippen molar-refractivity contribution in [3.8, 4) is 5.75 Å².